The van der Waals surface area contributed by atoms with Crippen LogP contribution in [-0.4, -0.2) is 113 Å². The van der Waals surface area contributed by atoms with E-state index in [2.05, 4.69) is 39.1 Å². The van der Waals surface area contributed by atoms with E-state index in [1.165, 1.54) is 69.3 Å². The third-order valence-corrected chi connectivity index (χ3v) is 18.8. The van der Waals surface area contributed by atoms with Crippen LogP contribution in [0.2, 0.25) is 0 Å². The molecule has 20 nitrogen and oxygen atoms in total. The molecule has 0 bridgehead atoms. The van der Waals surface area contributed by atoms with Gasteiger partial charge < -0.3 is 18.9 Å². The summed E-state index contributed by atoms with van der Waals surface area (Å²) in [6, 6.07) is 25.6. The van der Waals surface area contributed by atoms with E-state index in [4.69, 9.17) is 18.9 Å². The maximum absolute atomic E-state index is 13.0. The summed E-state index contributed by atoms with van der Waals surface area (Å²) in [5, 5.41) is 8.99. The Bertz CT molecular complexity index is 2440. The molecule has 0 atom stereocenters. The smallest absolute Gasteiger partial charge is 0.431 e. The van der Waals surface area contributed by atoms with Gasteiger partial charge in [-0.15, -0.1) is 0 Å². The third kappa shape index (κ3) is 21.8. The van der Waals surface area contributed by atoms with Crippen LogP contribution in [0.5, 0.6) is 0 Å². The Balaban J connectivity index is 1.52. The molecule has 0 radical (unpaired) electrons. The molecule has 0 spiro atoms. The van der Waals surface area contributed by atoms with Gasteiger partial charge in [-0.3, -0.25) is 0 Å². The largest absolute Gasteiger partial charge is 0.549 e. The Morgan fingerprint density at radius 2 is 0.506 bits per heavy atom. The van der Waals surface area contributed by atoms with Crippen molar-refractivity contribution in [3.63, 3.8) is 0 Å². The Labute approximate surface area is 453 Å². The molecule has 0 aliphatic carbocycles. The summed E-state index contributed by atoms with van der Waals surface area (Å²) in [5.41, 5.74) is -2.17. The number of allylic oxidation sites excluding steroid dienone is 8. The monoisotopic (exact) mass is 1130 g/mol. The molecule has 24 heteroatoms. The second-order valence-electron chi connectivity index (χ2n) is 17.5. The van der Waals surface area contributed by atoms with Crippen molar-refractivity contribution >= 4 is 107 Å². The van der Waals surface area contributed by atoms with Crippen molar-refractivity contribution in [1.29, 1.82) is 0 Å². The van der Waals surface area contributed by atoms with Gasteiger partial charge in [0.15, 0.2) is 0 Å². The lowest BCUT2D eigenvalue weighted by atomic mass is 9.92. The van der Waals surface area contributed by atoms with E-state index in [0.29, 0.717) is 0 Å². The first-order chi connectivity index (χ1) is 36.8. The van der Waals surface area contributed by atoms with Crippen molar-refractivity contribution in [2.24, 2.45) is 5.41 Å². The van der Waals surface area contributed by atoms with Gasteiger partial charge in [-0.05, 0) is 104 Å². The lowest BCUT2D eigenvalue weighted by molar-refractivity contribution is -0.223. The van der Waals surface area contributed by atoms with Gasteiger partial charge in [0.25, 0.3) is 0 Å². The summed E-state index contributed by atoms with van der Waals surface area (Å²) in [6.07, 6.45) is 1.28. The molecule has 0 saturated heterocycles. The van der Waals surface area contributed by atoms with Crippen molar-refractivity contribution < 1.29 is 96.4 Å². The second kappa shape index (κ2) is 31.5. The van der Waals surface area contributed by atoms with Gasteiger partial charge in [0.1, 0.15) is 31.8 Å². The molecule has 0 aliphatic heterocycles. The lowest BCUT2D eigenvalue weighted by Gasteiger charge is -2.30. The molecule has 4 aromatic rings. The fourth-order valence-corrected chi connectivity index (χ4v) is 11.7. The fraction of sp³-hybridized carbons (Fsp3) is 0.245. The van der Waals surface area contributed by atoms with Crippen LogP contribution >= 0.6 is 0 Å². The molecule has 0 saturated carbocycles. The second-order valence-corrected chi connectivity index (χ2v) is 26.6. The highest BCUT2D eigenvalue weighted by Gasteiger charge is 2.40. The average Bonchev–Trinajstić information content (AvgIpc) is 3.44. The Hall–Kier alpha value is -8.33. The molecular formula is C53H60O20Si4. The van der Waals surface area contributed by atoms with Gasteiger partial charge in [-0.1, -0.05) is 114 Å². The van der Waals surface area contributed by atoms with Crippen LogP contribution in [0, 0.1) is 5.41 Å². The zero-order valence-corrected chi connectivity index (χ0v) is 49.5. The lowest BCUT2D eigenvalue weighted by Crippen LogP contribution is -2.44. The minimum Gasteiger partial charge on any atom is -0.431 e. The van der Waals surface area contributed by atoms with Crippen molar-refractivity contribution in [1.82, 2.24) is 0 Å². The highest BCUT2D eigenvalue weighted by molar-refractivity contribution is 6.62. The molecule has 0 unspecified atom stereocenters. The molecule has 408 valence electrons. The van der Waals surface area contributed by atoms with Gasteiger partial charge in [0.2, 0.25) is 0 Å². The summed E-state index contributed by atoms with van der Waals surface area (Å²) < 4.78 is 20.7. The topological polar surface area (TPSA) is 247 Å². The average molecular weight is 1130 g/mol. The summed E-state index contributed by atoms with van der Waals surface area (Å²) >= 11 is 0. The first-order valence-electron chi connectivity index (χ1n) is 23.9. The zero-order valence-electron chi connectivity index (χ0n) is 43.9. The number of rotatable bonds is 20. The van der Waals surface area contributed by atoms with E-state index < -0.39 is 118 Å². The number of hydrogen-bond acceptors (Lipinski definition) is 20. The van der Waals surface area contributed by atoms with Crippen molar-refractivity contribution in [3.05, 3.63) is 164 Å². The number of benzene rings is 4. The molecule has 0 fully saturated rings. The summed E-state index contributed by atoms with van der Waals surface area (Å²) in [5.74, 6) is -4.35. The van der Waals surface area contributed by atoms with Gasteiger partial charge in [0, 0.05) is 0 Å². The minimum absolute atomic E-state index is 0.0188. The molecular weight excluding hydrogens is 1070 g/mol. The van der Waals surface area contributed by atoms with Crippen molar-refractivity contribution in [2.75, 3.05) is 26.4 Å². The minimum atomic E-state index is -2.25. The van der Waals surface area contributed by atoms with Crippen molar-refractivity contribution in [3.8, 4) is 0 Å². The molecule has 0 amide bonds. The molecule has 4 rings (SSSR count). The maximum Gasteiger partial charge on any atom is 0.549 e. The highest BCUT2D eigenvalue weighted by atomic mass is 28.2. The molecule has 4 aromatic carbocycles. The Morgan fingerprint density at radius 1 is 0.325 bits per heavy atom. The molecule has 0 aliphatic rings. The summed E-state index contributed by atoms with van der Waals surface area (Å²) in [4.78, 5) is 140. The van der Waals surface area contributed by atoms with Crippen LogP contribution in [0.3, 0.4) is 0 Å². The van der Waals surface area contributed by atoms with E-state index in [0.717, 1.165) is 20.7 Å². The standard InChI is InChI=1S/C53H60O20Si4/c1-9-33(5)74-41-21-13-37(14-22-41)45(54)66-70-49(58)62-29-53(30-63-50(59)71-67-46(55)38-15-23-42(24-16-38)75-34(6)10-2,31-64-51(60)72-68-47(56)39-17-25-43(26-18-39)76-35(7)11-3)32-65-52(61)73-69-48(57)40-19-27-44(28-20-40)77-36(8)12-4/h9-28H,29-32,74-77H2,1-8H3. The van der Waals surface area contributed by atoms with Gasteiger partial charge in [-0.2, -0.15) is 19.2 Å². The van der Waals surface area contributed by atoms with Crippen LogP contribution in [0.15, 0.2) is 142 Å². The molecule has 0 aromatic heterocycles. The number of hydrogen-bond donors (Lipinski definition) is 0. The number of ether oxygens (including phenoxy) is 4. The van der Waals surface area contributed by atoms with Crippen molar-refractivity contribution in [2.45, 2.75) is 55.4 Å². The van der Waals surface area contributed by atoms with Gasteiger partial charge in [0.05, 0.1) is 60.3 Å². The predicted molar refractivity (Wildman–Crippen MR) is 290 cm³/mol. The van der Waals surface area contributed by atoms with Crippen LogP contribution in [-0.2, 0) is 58.0 Å². The number of carbonyl (C=O) groups excluding carboxylic acids is 8. The van der Waals surface area contributed by atoms with E-state index in [1.807, 2.05) is 79.7 Å². The Morgan fingerprint density at radius 3 is 0.675 bits per heavy atom. The van der Waals surface area contributed by atoms with Gasteiger partial charge in [-0.25, -0.2) is 58.3 Å². The van der Waals surface area contributed by atoms with Crippen LogP contribution in [0.1, 0.15) is 96.8 Å². The molecule has 77 heavy (non-hydrogen) atoms. The maximum atomic E-state index is 13.0. The molecule has 0 N–H and O–H groups in total. The summed E-state index contributed by atoms with van der Waals surface area (Å²) in [6.45, 7) is 11.4. The van der Waals surface area contributed by atoms with E-state index >= 15 is 0 Å². The molecule has 0 heterocycles. The number of carbonyl (C=O) groups is 8. The zero-order chi connectivity index (χ0) is 56.3. The van der Waals surface area contributed by atoms with Crippen LogP contribution in [0.4, 0.5) is 19.2 Å². The first kappa shape index (κ1) is 61.2. The third-order valence-electron chi connectivity index (χ3n) is 11.4. The SMILES string of the molecule is CC=C(C)[SiH2]c1ccc(C(=O)OOC(=O)OCC(COC(=O)OOC(=O)c2ccc([SiH2]C(C)=CC)cc2)(COC(=O)OOC(=O)c2ccc([SiH2]C(C)=CC)cc2)COC(=O)OOC(=O)c2ccc([SiH2]C(C)=CC)cc2)cc1. The normalized spacial score (nSPS) is 13.0. The van der Waals surface area contributed by atoms with E-state index in [9.17, 15) is 38.4 Å². The predicted octanol–water partition coefficient (Wildman–Crippen LogP) is 4.54. The van der Waals surface area contributed by atoms with E-state index in [-0.39, 0.29) is 22.3 Å². The van der Waals surface area contributed by atoms with Crippen LogP contribution in [0.25, 0.3) is 0 Å². The van der Waals surface area contributed by atoms with Gasteiger partial charge >= 0.3 is 48.5 Å². The first-order valence-corrected chi connectivity index (χ1v) is 29.6. The Kier molecular flexibility index (Phi) is 25.1. The fourth-order valence-electron chi connectivity index (χ4n) is 6.41. The van der Waals surface area contributed by atoms with Crippen LogP contribution < -0.4 is 20.7 Å². The van der Waals surface area contributed by atoms with E-state index in [1.54, 1.807) is 48.5 Å². The quantitative estimate of drug-likeness (QED) is 0.0387. The highest BCUT2D eigenvalue weighted by Crippen LogP contribution is 2.23. The summed E-state index contributed by atoms with van der Waals surface area (Å²) in [7, 11) is -3.01.